The molecule has 3 heterocycles. The molecule has 0 bridgehead atoms. The number of aliphatic carboxylic acids is 1. The van der Waals surface area contributed by atoms with Crippen molar-refractivity contribution in [2.45, 2.75) is 13.5 Å². The van der Waals surface area contributed by atoms with E-state index in [4.69, 9.17) is 4.74 Å². The molecule has 1 N–H and O–H groups in total. The molecule has 4 rings (SSSR count). The number of nitrogens with zero attached hydrogens (tertiary/aromatic N) is 5. The molecule has 31 heavy (non-hydrogen) atoms. The zero-order valence-electron chi connectivity index (χ0n) is 17.0. The summed E-state index contributed by atoms with van der Waals surface area (Å²) >= 11 is 0. The van der Waals surface area contributed by atoms with Gasteiger partial charge in [-0.15, -0.1) is 0 Å². The second kappa shape index (κ2) is 8.29. The predicted octanol–water partition coefficient (Wildman–Crippen LogP) is 2.83. The van der Waals surface area contributed by atoms with Gasteiger partial charge in [0, 0.05) is 24.7 Å². The smallest absolute Gasteiger partial charge is 0.308 e. The van der Waals surface area contributed by atoms with Crippen LogP contribution in [0.1, 0.15) is 12.5 Å². The number of benzene rings is 1. The van der Waals surface area contributed by atoms with Crippen LogP contribution in [0.5, 0.6) is 5.88 Å². The maximum Gasteiger partial charge on any atom is 0.308 e. The van der Waals surface area contributed by atoms with Crippen molar-refractivity contribution in [2.75, 3.05) is 25.1 Å². The first kappa shape index (κ1) is 20.7. The molecule has 10 heteroatoms. The van der Waals surface area contributed by atoms with Crippen LogP contribution in [0.15, 0.2) is 36.5 Å². The van der Waals surface area contributed by atoms with Gasteiger partial charge < -0.3 is 14.7 Å². The number of anilines is 1. The predicted molar refractivity (Wildman–Crippen MR) is 108 cm³/mol. The second-order valence-corrected chi connectivity index (χ2v) is 7.51. The Morgan fingerprint density at radius 3 is 2.71 bits per heavy atom. The minimum Gasteiger partial charge on any atom is -0.481 e. The molecule has 2 unspecified atom stereocenters. The van der Waals surface area contributed by atoms with E-state index in [0.29, 0.717) is 23.7 Å². The summed E-state index contributed by atoms with van der Waals surface area (Å²) < 4.78 is 35.3. The van der Waals surface area contributed by atoms with Crippen LogP contribution in [0, 0.1) is 23.5 Å². The Kier molecular flexibility index (Phi) is 5.53. The SMILES string of the molecule is COc1cc(-c2ncc(F)c(N3CC(C)C(C(=O)O)C3)n2)nn1Cc1ccccc1F. The normalized spacial score (nSPS) is 18.4. The minimum absolute atomic E-state index is 0.0308. The first-order valence-electron chi connectivity index (χ1n) is 9.73. The summed E-state index contributed by atoms with van der Waals surface area (Å²) in [7, 11) is 1.47. The average molecular weight is 429 g/mol. The standard InChI is InChI=1S/C21H21F2N5O3/c1-12-9-27(11-14(12)21(29)30)20-16(23)8-24-19(25-20)17-7-18(31-2)28(26-17)10-13-5-3-4-6-15(13)22/h3-8,12,14H,9-11H2,1-2H3,(H,29,30). The van der Waals surface area contributed by atoms with Crippen molar-refractivity contribution in [1.29, 1.82) is 0 Å². The molecule has 0 amide bonds. The van der Waals surface area contributed by atoms with E-state index in [-0.39, 0.29) is 36.5 Å². The zero-order valence-corrected chi connectivity index (χ0v) is 17.0. The molecular weight excluding hydrogens is 408 g/mol. The van der Waals surface area contributed by atoms with E-state index < -0.39 is 17.7 Å². The van der Waals surface area contributed by atoms with Crippen LogP contribution in [0.25, 0.3) is 11.5 Å². The molecule has 1 aliphatic rings. The van der Waals surface area contributed by atoms with Crippen LogP contribution >= 0.6 is 0 Å². The van der Waals surface area contributed by atoms with Crippen LogP contribution in [0.2, 0.25) is 0 Å². The molecule has 0 aliphatic carbocycles. The van der Waals surface area contributed by atoms with E-state index >= 15 is 0 Å². The number of carboxylic acids is 1. The van der Waals surface area contributed by atoms with E-state index in [1.807, 2.05) is 6.92 Å². The van der Waals surface area contributed by atoms with Gasteiger partial charge in [0.2, 0.25) is 5.88 Å². The summed E-state index contributed by atoms with van der Waals surface area (Å²) in [6.07, 6.45) is 1.04. The Balaban J connectivity index is 1.65. The van der Waals surface area contributed by atoms with Crippen molar-refractivity contribution in [3.63, 3.8) is 0 Å². The topological polar surface area (TPSA) is 93.4 Å². The molecule has 1 aliphatic heterocycles. The van der Waals surface area contributed by atoms with Crippen molar-refractivity contribution in [3.8, 4) is 17.4 Å². The van der Waals surface area contributed by atoms with E-state index in [0.717, 1.165) is 6.20 Å². The molecule has 0 saturated carbocycles. The van der Waals surface area contributed by atoms with Crippen molar-refractivity contribution in [2.24, 2.45) is 11.8 Å². The number of rotatable bonds is 6. The van der Waals surface area contributed by atoms with Crippen molar-refractivity contribution in [1.82, 2.24) is 19.7 Å². The fourth-order valence-electron chi connectivity index (χ4n) is 3.74. The Morgan fingerprint density at radius 2 is 2.03 bits per heavy atom. The lowest BCUT2D eigenvalue weighted by Crippen LogP contribution is -2.25. The molecule has 1 fully saturated rings. The van der Waals surface area contributed by atoms with E-state index in [1.165, 1.54) is 17.9 Å². The van der Waals surface area contributed by atoms with E-state index in [2.05, 4.69) is 15.1 Å². The molecule has 3 aromatic rings. The highest BCUT2D eigenvalue weighted by atomic mass is 19.1. The Bertz CT molecular complexity index is 1120. The quantitative estimate of drug-likeness (QED) is 0.644. The molecule has 1 saturated heterocycles. The van der Waals surface area contributed by atoms with Crippen LogP contribution in [0.4, 0.5) is 14.6 Å². The highest BCUT2D eigenvalue weighted by Gasteiger charge is 2.36. The van der Waals surface area contributed by atoms with Crippen LogP contribution in [-0.4, -0.2) is 51.0 Å². The van der Waals surface area contributed by atoms with E-state index in [9.17, 15) is 18.7 Å². The van der Waals surface area contributed by atoms with Crippen molar-refractivity contribution >= 4 is 11.8 Å². The number of ether oxygens (including phenoxy) is 1. The third-order valence-corrected chi connectivity index (χ3v) is 5.41. The fourth-order valence-corrected chi connectivity index (χ4v) is 3.74. The van der Waals surface area contributed by atoms with Gasteiger partial charge in [-0.3, -0.25) is 4.79 Å². The van der Waals surface area contributed by atoms with Gasteiger partial charge in [0.25, 0.3) is 0 Å². The molecular formula is C21H21F2N5O3. The molecule has 1 aromatic carbocycles. The van der Waals surface area contributed by atoms with Crippen molar-refractivity contribution < 1.29 is 23.4 Å². The molecule has 8 nitrogen and oxygen atoms in total. The fraction of sp³-hybridized carbons (Fsp3) is 0.333. The lowest BCUT2D eigenvalue weighted by atomic mass is 9.99. The van der Waals surface area contributed by atoms with Gasteiger partial charge in [-0.1, -0.05) is 25.1 Å². The second-order valence-electron chi connectivity index (χ2n) is 7.51. The van der Waals surface area contributed by atoms with Gasteiger partial charge in [-0.25, -0.2) is 23.4 Å². The maximum absolute atomic E-state index is 14.5. The number of hydrogen-bond acceptors (Lipinski definition) is 6. The van der Waals surface area contributed by atoms with Gasteiger partial charge in [-0.2, -0.15) is 5.10 Å². The summed E-state index contributed by atoms with van der Waals surface area (Å²) in [6, 6.07) is 7.93. The summed E-state index contributed by atoms with van der Waals surface area (Å²) in [5.41, 5.74) is 0.762. The summed E-state index contributed by atoms with van der Waals surface area (Å²) in [5, 5.41) is 13.8. The number of carbonyl (C=O) groups is 1. The number of halogens is 2. The summed E-state index contributed by atoms with van der Waals surface area (Å²) in [4.78, 5) is 21.4. The van der Waals surface area contributed by atoms with Gasteiger partial charge in [0.15, 0.2) is 17.5 Å². The molecule has 0 spiro atoms. The highest BCUT2D eigenvalue weighted by Crippen LogP contribution is 2.30. The summed E-state index contributed by atoms with van der Waals surface area (Å²) in [6.45, 7) is 2.48. The molecule has 0 radical (unpaired) electrons. The number of methoxy groups -OCH3 is 1. The highest BCUT2D eigenvalue weighted by molar-refractivity contribution is 5.72. The van der Waals surface area contributed by atoms with Gasteiger partial charge in [-0.05, 0) is 12.0 Å². The Labute approximate surface area is 177 Å². The summed E-state index contributed by atoms with van der Waals surface area (Å²) in [5.74, 6) is -2.10. The first-order chi connectivity index (χ1) is 14.9. The third-order valence-electron chi connectivity index (χ3n) is 5.41. The lowest BCUT2D eigenvalue weighted by Gasteiger charge is -2.17. The average Bonchev–Trinajstić information content (AvgIpc) is 3.33. The van der Waals surface area contributed by atoms with Gasteiger partial charge in [0.05, 0.1) is 25.8 Å². The third kappa shape index (κ3) is 4.05. The monoisotopic (exact) mass is 429 g/mol. The lowest BCUT2D eigenvalue weighted by molar-refractivity contribution is -0.142. The van der Waals surface area contributed by atoms with E-state index in [1.54, 1.807) is 29.2 Å². The zero-order chi connectivity index (χ0) is 22.1. The number of aromatic nitrogens is 4. The van der Waals surface area contributed by atoms with Gasteiger partial charge >= 0.3 is 5.97 Å². The minimum atomic E-state index is -0.915. The molecule has 2 atom stereocenters. The Morgan fingerprint density at radius 1 is 1.26 bits per heavy atom. The molecule has 2 aromatic heterocycles. The first-order valence-corrected chi connectivity index (χ1v) is 9.73. The number of carboxylic acid groups (broad SMARTS) is 1. The van der Waals surface area contributed by atoms with Gasteiger partial charge in [0.1, 0.15) is 11.5 Å². The maximum atomic E-state index is 14.5. The van der Waals surface area contributed by atoms with Crippen LogP contribution in [-0.2, 0) is 11.3 Å². The number of hydrogen-bond donors (Lipinski definition) is 1. The van der Waals surface area contributed by atoms with Crippen LogP contribution in [0.3, 0.4) is 0 Å². The van der Waals surface area contributed by atoms with Crippen molar-refractivity contribution in [3.05, 3.63) is 53.7 Å². The Hall–Kier alpha value is -3.56. The van der Waals surface area contributed by atoms with Crippen LogP contribution < -0.4 is 9.64 Å². The molecule has 162 valence electrons. The largest absolute Gasteiger partial charge is 0.481 e.